The highest BCUT2D eigenvalue weighted by Gasteiger charge is 2.32. The molecule has 1 aliphatic rings. The second kappa shape index (κ2) is 7.03. The molecule has 1 aromatic carbocycles. The van der Waals surface area contributed by atoms with Gasteiger partial charge in [-0.1, -0.05) is 17.3 Å². The Morgan fingerprint density at radius 2 is 2.19 bits per heavy atom. The summed E-state index contributed by atoms with van der Waals surface area (Å²) in [6.07, 6.45) is 4.44. The highest BCUT2D eigenvalue weighted by atomic mass is 16.5. The number of amides is 2. The summed E-state index contributed by atoms with van der Waals surface area (Å²) in [6.45, 7) is 2.44. The smallest absolute Gasteiger partial charge is 0.322 e. The Hall–Kier alpha value is -3.09. The van der Waals surface area contributed by atoms with Gasteiger partial charge in [0.05, 0.1) is 6.26 Å². The van der Waals surface area contributed by atoms with Gasteiger partial charge in [-0.15, -0.1) is 0 Å². The average molecular weight is 352 g/mol. The second-order valence-corrected chi connectivity index (χ2v) is 6.37. The molecule has 1 atom stereocenters. The zero-order chi connectivity index (χ0) is 17.9. The van der Waals surface area contributed by atoms with Gasteiger partial charge in [-0.05, 0) is 50.5 Å². The maximum Gasteiger partial charge on any atom is 0.322 e. The summed E-state index contributed by atoms with van der Waals surface area (Å²) in [6, 6.07) is 11.0. The lowest BCUT2D eigenvalue weighted by Gasteiger charge is -2.33. The monoisotopic (exact) mass is 352 g/mol. The van der Waals surface area contributed by atoms with E-state index in [-0.39, 0.29) is 12.1 Å². The first-order chi connectivity index (χ1) is 12.7. The minimum Gasteiger partial charge on any atom is -0.464 e. The largest absolute Gasteiger partial charge is 0.464 e. The molecule has 0 saturated carbocycles. The number of aromatic nitrogens is 2. The van der Waals surface area contributed by atoms with Crippen molar-refractivity contribution >= 4 is 11.7 Å². The van der Waals surface area contributed by atoms with E-state index in [1.54, 1.807) is 18.1 Å². The fourth-order valence-corrected chi connectivity index (χ4v) is 3.27. The molecule has 3 heterocycles. The predicted octanol–water partition coefficient (Wildman–Crippen LogP) is 4.40. The van der Waals surface area contributed by atoms with Gasteiger partial charge in [-0.3, -0.25) is 0 Å². The number of hydrogen-bond donors (Lipinski definition) is 1. The standard InChI is InChI=1S/C19H20N4O3/c1-13-20-18(26-22-13)16-8-2-3-10-23(16)19(24)21-15-7-4-6-14(12-15)17-9-5-11-25-17/h4-7,9,11-12,16H,2-3,8,10H2,1H3,(H,21,24)/t16-/m1/s1. The van der Waals surface area contributed by atoms with E-state index < -0.39 is 0 Å². The number of benzene rings is 1. The molecule has 0 bridgehead atoms. The van der Waals surface area contributed by atoms with E-state index in [4.69, 9.17) is 8.94 Å². The van der Waals surface area contributed by atoms with Crippen LogP contribution >= 0.6 is 0 Å². The molecule has 2 amide bonds. The molecule has 134 valence electrons. The SMILES string of the molecule is Cc1noc([C@H]2CCCCN2C(=O)Nc2cccc(-c3ccco3)c2)n1. The molecular formula is C19H20N4O3. The quantitative estimate of drug-likeness (QED) is 0.755. The Kier molecular flexibility index (Phi) is 4.43. The Morgan fingerprint density at radius 1 is 1.27 bits per heavy atom. The van der Waals surface area contributed by atoms with Gasteiger partial charge in [0.1, 0.15) is 11.8 Å². The van der Waals surface area contributed by atoms with E-state index in [0.717, 1.165) is 36.3 Å². The van der Waals surface area contributed by atoms with Crippen LogP contribution in [0.1, 0.15) is 37.0 Å². The number of likely N-dealkylation sites (tertiary alicyclic amines) is 1. The number of aryl methyl sites for hydroxylation is 1. The van der Waals surface area contributed by atoms with Crippen LogP contribution in [0.5, 0.6) is 0 Å². The molecule has 0 spiro atoms. The molecule has 1 aliphatic heterocycles. The maximum absolute atomic E-state index is 12.9. The lowest BCUT2D eigenvalue weighted by atomic mass is 10.0. The van der Waals surface area contributed by atoms with Crippen LogP contribution in [0.25, 0.3) is 11.3 Å². The zero-order valence-corrected chi connectivity index (χ0v) is 14.5. The summed E-state index contributed by atoms with van der Waals surface area (Å²) in [5.41, 5.74) is 1.63. The summed E-state index contributed by atoms with van der Waals surface area (Å²) in [4.78, 5) is 18.9. The Labute approximate surface area is 151 Å². The summed E-state index contributed by atoms with van der Waals surface area (Å²) in [5.74, 6) is 1.84. The van der Waals surface area contributed by atoms with Crippen LogP contribution in [0.3, 0.4) is 0 Å². The van der Waals surface area contributed by atoms with Gasteiger partial charge in [0.25, 0.3) is 0 Å². The third-order valence-corrected chi connectivity index (χ3v) is 4.51. The van der Waals surface area contributed by atoms with Gasteiger partial charge in [0.15, 0.2) is 5.82 Å². The van der Waals surface area contributed by atoms with Gasteiger partial charge in [0.2, 0.25) is 5.89 Å². The van der Waals surface area contributed by atoms with Gasteiger partial charge < -0.3 is 19.2 Å². The van der Waals surface area contributed by atoms with E-state index in [9.17, 15) is 4.79 Å². The molecule has 0 unspecified atom stereocenters. The number of rotatable bonds is 3. The van der Waals surface area contributed by atoms with Crippen LogP contribution in [0.4, 0.5) is 10.5 Å². The normalized spacial score (nSPS) is 17.3. The van der Waals surface area contributed by atoms with E-state index in [0.29, 0.717) is 18.3 Å². The van der Waals surface area contributed by atoms with Gasteiger partial charge >= 0.3 is 6.03 Å². The Balaban J connectivity index is 1.52. The molecule has 1 fully saturated rings. The molecule has 7 nitrogen and oxygen atoms in total. The molecule has 26 heavy (non-hydrogen) atoms. The number of hydrogen-bond acceptors (Lipinski definition) is 5. The maximum atomic E-state index is 12.9. The van der Waals surface area contributed by atoms with Crippen molar-refractivity contribution in [2.24, 2.45) is 0 Å². The third-order valence-electron chi connectivity index (χ3n) is 4.51. The number of urea groups is 1. The number of carbonyl (C=O) groups is 1. The number of piperidine rings is 1. The van der Waals surface area contributed by atoms with Crippen molar-refractivity contribution in [3.63, 3.8) is 0 Å². The van der Waals surface area contributed by atoms with Crippen molar-refractivity contribution < 1.29 is 13.7 Å². The molecule has 0 aliphatic carbocycles. The highest BCUT2D eigenvalue weighted by Crippen LogP contribution is 2.31. The summed E-state index contributed by atoms with van der Waals surface area (Å²) >= 11 is 0. The van der Waals surface area contributed by atoms with Crippen molar-refractivity contribution in [1.82, 2.24) is 15.0 Å². The number of nitrogens with one attached hydrogen (secondary N) is 1. The van der Waals surface area contributed by atoms with Crippen molar-refractivity contribution in [2.75, 3.05) is 11.9 Å². The van der Waals surface area contributed by atoms with Crippen molar-refractivity contribution in [1.29, 1.82) is 0 Å². The van der Waals surface area contributed by atoms with Gasteiger partial charge in [-0.25, -0.2) is 4.79 Å². The molecular weight excluding hydrogens is 332 g/mol. The van der Waals surface area contributed by atoms with Crippen molar-refractivity contribution in [3.8, 4) is 11.3 Å². The number of carbonyl (C=O) groups excluding carboxylic acids is 1. The lowest BCUT2D eigenvalue weighted by Crippen LogP contribution is -2.41. The molecule has 0 radical (unpaired) electrons. The van der Waals surface area contributed by atoms with Gasteiger partial charge in [0, 0.05) is 17.8 Å². The van der Waals surface area contributed by atoms with Crippen LogP contribution in [0, 0.1) is 6.92 Å². The summed E-state index contributed by atoms with van der Waals surface area (Å²) in [5, 5.41) is 6.83. The zero-order valence-electron chi connectivity index (χ0n) is 14.5. The summed E-state index contributed by atoms with van der Waals surface area (Å²) < 4.78 is 10.7. The van der Waals surface area contributed by atoms with E-state index in [1.165, 1.54) is 0 Å². The fraction of sp³-hybridized carbons (Fsp3) is 0.316. The van der Waals surface area contributed by atoms with E-state index >= 15 is 0 Å². The molecule has 1 saturated heterocycles. The molecule has 2 aromatic heterocycles. The first-order valence-corrected chi connectivity index (χ1v) is 8.72. The molecule has 1 N–H and O–H groups in total. The predicted molar refractivity (Wildman–Crippen MR) is 95.5 cm³/mol. The van der Waals surface area contributed by atoms with E-state index in [2.05, 4.69) is 15.5 Å². The third kappa shape index (κ3) is 3.33. The molecule has 7 heteroatoms. The van der Waals surface area contributed by atoms with Crippen LogP contribution in [0.2, 0.25) is 0 Å². The fourth-order valence-electron chi connectivity index (χ4n) is 3.27. The number of furan rings is 1. The number of anilines is 1. The van der Waals surface area contributed by atoms with E-state index in [1.807, 2.05) is 36.4 Å². The number of nitrogens with zero attached hydrogens (tertiary/aromatic N) is 3. The molecule has 3 aromatic rings. The van der Waals surface area contributed by atoms with Crippen LogP contribution in [-0.4, -0.2) is 27.6 Å². The highest BCUT2D eigenvalue weighted by molar-refractivity contribution is 5.90. The first kappa shape index (κ1) is 16.4. The summed E-state index contributed by atoms with van der Waals surface area (Å²) in [7, 11) is 0. The minimum absolute atomic E-state index is 0.165. The Bertz CT molecular complexity index is 888. The van der Waals surface area contributed by atoms with Crippen molar-refractivity contribution in [3.05, 3.63) is 54.4 Å². The first-order valence-electron chi connectivity index (χ1n) is 8.72. The minimum atomic E-state index is -0.182. The van der Waals surface area contributed by atoms with Crippen LogP contribution in [-0.2, 0) is 0 Å². The van der Waals surface area contributed by atoms with Crippen molar-refractivity contribution in [2.45, 2.75) is 32.2 Å². The van der Waals surface area contributed by atoms with Gasteiger partial charge in [-0.2, -0.15) is 4.98 Å². The topological polar surface area (TPSA) is 84.4 Å². The van der Waals surface area contributed by atoms with Crippen LogP contribution < -0.4 is 5.32 Å². The molecule has 4 rings (SSSR count). The average Bonchev–Trinajstić information content (AvgIpc) is 3.34. The second-order valence-electron chi connectivity index (χ2n) is 6.37. The lowest BCUT2D eigenvalue weighted by molar-refractivity contribution is 0.142. The Morgan fingerprint density at radius 3 is 2.96 bits per heavy atom. The van der Waals surface area contributed by atoms with Crippen LogP contribution in [0.15, 0.2) is 51.6 Å².